The smallest absolute Gasteiger partial charge is 0.307 e. The largest absolute Gasteiger partial charge is 0.466 e. The third-order valence-corrected chi connectivity index (χ3v) is 1.95. The number of carbonyl (C=O) groups is 2. The van der Waals surface area contributed by atoms with Gasteiger partial charge in [0, 0.05) is 18.5 Å². The molecule has 94 valence electrons. The molecule has 5 nitrogen and oxygen atoms in total. The maximum Gasteiger partial charge on any atom is 0.307 e. The second-order valence-electron chi connectivity index (χ2n) is 4.39. The Morgan fingerprint density at radius 1 is 1.31 bits per heavy atom. The van der Waals surface area contributed by atoms with Gasteiger partial charge in [0.25, 0.3) is 0 Å². The van der Waals surface area contributed by atoms with Crippen LogP contribution in [0, 0.1) is 0 Å². The number of rotatable bonds is 7. The lowest BCUT2D eigenvalue weighted by atomic mass is 10.00. The summed E-state index contributed by atoms with van der Waals surface area (Å²) >= 11 is 0. The first-order valence-electron chi connectivity index (χ1n) is 5.56. The minimum atomic E-state index is -0.335. The summed E-state index contributed by atoms with van der Waals surface area (Å²) in [4.78, 5) is 22.3. The second-order valence-corrected chi connectivity index (χ2v) is 4.39. The van der Waals surface area contributed by atoms with Crippen molar-refractivity contribution in [3.8, 4) is 0 Å². The molecule has 0 rings (SSSR count). The van der Waals surface area contributed by atoms with Crippen LogP contribution in [0.25, 0.3) is 0 Å². The molecule has 0 radical (unpaired) electrons. The molecule has 0 saturated carbocycles. The van der Waals surface area contributed by atoms with Gasteiger partial charge in [0.1, 0.15) is 0 Å². The summed E-state index contributed by atoms with van der Waals surface area (Å²) in [7, 11) is 0. The number of amides is 1. The van der Waals surface area contributed by atoms with Crippen molar-refractivity contribution in [2.45, 2.75) is 45.6 Å². The Kier molecular flexibility index (Phi) is 6.72. The van der Waals surface area contributed by atoms with Gasteiger partial charge in [-0.1, -0.05) is 0 Å². The summed E-state index contributed by atoms with van der Waals surface area (Å²) in [6, 6.07) is 0. The zero-order valence-electron chi connectivity index (χ0n) is 10.3. The molecule has 1 amide bonds. The minimum Gasteiger partial charge on any atom is -0.466 e. The predicted molar refractivity (Wildman–Crippen MR) is 61.8 cm³/mol. The number of nitrogens with one attached hydrogen (secondary N) is 1. The monoisotopic (exact) mass is 230 g/mol. The predicted octanol–water partition coefficient (Wildman–Crippen LogP) is 0.573. The molecular formula is C11H22N2O3. The van der Waals surface area contributed by atoms with Gasteiger partial charge in [-0.2, -0.15) is 0 Å². The van der Waals surface area contributed by atoms with Crippen LogP contribution in [-0.4, -0.2) is 30.6 Å². The summed E-state index contributed by atoms with van der Waals surface area (Å²) in [5, 5.41) is 2.65. The van der Waals surface area contributed by atoms with Crippen molar-refractivity contribution < 1.29 is 14.3 Å². The van der Waals surface area contributed by atoms with Crippen LogP contribution in [0.1, 0.15) is 40.0 Å². The summed E-state index contributed by atoms with van der Waals surface area (Å²) in [6.45, 7) is 6.19. The van der Waals surface area contributed by atoms with E-state index in [2.05, 4.69) is 5.32 Å². The molecule has 5 heteroatoms. The van der Waals surface area contributed by atoms with Gasteiger partial charge in [0.05, 0.1) is 13.0 Å². The molecule has 0 aliphatic rings. The molecule has 0 aromatic heterocycles. The molecule has 0 aromatic rings. The van der Waals surface area contributed by atoms with E-state index >= 15 is 0 Å². The fraction of sp³-hybridized carbons (Fsp3) is 0.818. The van der Waals surface area contributed by atoms with Crippen LogP contribution in [0.3, 0.4) is 0 Å². The van der Waals surface area contributed by atoms with E-state index in [4.69, 9.17) is 10.5 Å². The first-order chi connectivity index (χ1) is 7.35. The SMILES string of the molecule is CCOC(=O)CCNC(=O)CCC(C)(C)N. The molecule has 0 aromatic carbocycles. The first-order valence-corrected chi connectivity index (χ1v) is 5.56. The van der Waals surface area contributed by atoms with Crippen LogP contribution >= 0.6 is 0 Å². The van der Waals surface area contributed by atoms with Crippen LogP contribution in [0.5, 0.6) is 0 Å². The average Bonchev–Trinajstić information content (AvgIpc) is 2.14. The zero-order chi connectivity index (χ0) is 12.6. The maximum absolute atomic E-state index is 11.3. The fourth-order valence-corrected chi connectivity index (χ4v) is 1.06. The third kappa shape index (κ3) is 9.45. The van der Waals surface area contributed by atoms with E-state index in [1.165, 1.54) is 0 Å². The standard InChI is InChI=1S/C11H22N2O3/c1-4-16-10(15)6-8-13-9(14)5-7-11(2,3)12/h4-8,12H2,1-3H3,(H,13,14). The Labute approximate surface area is 96.7 Å². The molecule has 0 saturated heterocycles. The van der Waals surface area contributed by atoms with Crippen LogP contribution < -0.4 is 11.1 Å². The molecule has 0 spiro atoms. The van der Waals surface area contributed by atoms with E-state index in [1.807, 2.05) is 13.8 Å². The Morgan fingerprint density at radius 3 is 2.44 bits per heavy atom. The lowest BCUT2D eigenvalue weighted by Gasteiger charge is -2.17. The number of nitrogens with two attached hydrogens (primary N) is 1. The highest BCUT2D eigenvalue weighted by atomic mass is 16.5. The summed E-state index contributed by atoms with van der Waals surface area (Å²) < 4.78 is 4.73. The van der Waals surface area contributed by atoms with Crippen molar-refractivity contribution in [2.75, 3.05) is 13.2 Å². The van der Waals surface area contributed by atoms with Gasteiger partial charge >= 0.3 is 5.97 Å². The highest BCUT2D eigenvalue weighted by Crippen LogP contribution is 2.06. The lowest BCUT2D eigenvalue weighted by Crippen LogP contribution is -2.34. The molecule has 0 bridgehead atoms. The first kappa shape index (κ1) is 14.9. The van der Waals surface area contributed by atoms with Crippen molar-refractivity contribution in [1.29, 1.82) is 0 Å². The molecule has 0 aliphatic heterocycles. The van der Waals surface area contributed by atoms with E-state index in [-0.39, 0.29) is 23.8 Å². The minimum absolute atomic E-state index is 0.0807. The van der Waals surface area contributed by atoms with Gasteiger partial charge in [-0.3, -0.25) is 9.59 Å². The number of esters is 1. The molecule has 0 atom stereocenters. The van der Waals surface area contributed by atoms with E-state index in [1.54, 1.807) is 6.92 Å². The summed E-state index contributed by atoms with van der Waals surface area (Å²) in [5.74, 6) is -0.371. The van der Waals surface area contributed by atoms with Gasteiger partial charge in [-0.25, -0.2) is 0 Å². The van der Waals surface area contributed by atoms with Gasteiger partial charge < -0.3 is 15.8 Å². The number of hydrogen-bond donors (Lipinski definition) is 2. The van der Waals surface area contributed by atoms with E-state index in [0.29, 0.717) is 26.0 Å². The fourth-order valence-electron chi connectivity index (χ4n) is 1.06. The van der Waals surface area contributed by atoms with Crippen molar-refractivity contribution in [3.05, 3.63) is 0 Å². The topological polar surface area (TPSA) is 81.4 Å². The molecule has 3 N–H and O–H groups in total. The van der Waals surface area contributed by atoms with E-state index < -0.39 is 0 Å². The quantitative estimate of drug-likeness (QED) is 0.627. The second kappa shape index (κ2) is 7.22. The van der Waals surface area contributed by atoms with Crippen molar-refractivity contribution in [2.24, 2.45) is 5.73 Å². The molecule has 0 aliphatic carbocycles. The molecule has 0 heterocycles. The van der Waals surface area contributed by atoms with Gasteiger partial charge in [-0.05, 0) is 27.2 Å². The van der Waals surface area contributed by atoms with E-state index in [0.717, 1.165) is 0 Å². The Bertz CT molecular complexity index is 234. The molecule has 16 heavy (non-hydrogen) atoms. The van der Waals surface area contributed by atoms with E-state index in [9.17, 15) is 9.59 Å². The third-order valence-electron chi connectivity index (χ3n) is 1.95. The average molecular weight is 230 g/mol. The van der Waals surface area contributed by atoms with Crippen molar-refractivity contribution in [1.82, 2.24) is 5.32 Å². The number of carbonyl (C=O) groups excluding carboxylic acids is 2. The normalized spacial score (nSPS) is 11.0. The summed E-state index contributed by atoms with van der Waals surface area (Å²) in [6.07, 6.45) is 1.22. The molecule has 0 unspecified atom stereocenters. The summed E-state index contributed by atoms with van der Waals surface area (Å²) in [5.41, 5.74) is 5.41. The highest BCUT2D eigenvalue weighted by molar-refractivity contribution is 5.77. The lowest BCUT2D eigenvalue weighted by molar-refractivity contribution is -0.143. The Morgan fingerprint density at radius 2 is 1.94 bits per heavy atom. The van der Waals surface area contributed by atoms with Crippen LogP contribution in [0.4, 0.5) is 0 Å². The van der Waals surface area contributed by atoms with Crippen LogP contribution in [0.15, 0.2) is 0 Å². The van der Waals surface area contributed by atoms with Gasteiger partial charge in [0.2, 0.25) is 5.91 Å². The Hall–Kier alpha value is -1.10. The highest BCUT2D eigenvalue weighted by Gasteiger charge is 2.13. The van der Waals surface area contributed by atoms with Gasteiger partial charge in [-0.15, -0.1) is 0 Å². The maximum atomic E-state index is 11.3. The number of ether oxygens (including phenoxy) is 1. The van der Waals surface area contributed by atoms with Crippen LogP contribution in [0.2, 0.25) is 0 Å². The van der Waals surface area contributed by atoms with Crippen molar-refractivity contribution >= 4 is 11.9 Å². The molecular weight excluding hydrogens is 208 g/mol. The number of hydrogen-bond acceptors (Lipinski definition) is 4. The van der Waals surface area contributed by atoms with Crippen molar-refractivity contribution in [3.63, 3.8) is 0 Å². The van der Waals surface area contributed by atoms with Crippen LogP contribution in [-0.2, 0) is 14.3 Å². The Balaban J connectivity index is 3.55. The van der Waals surface area contributed by atoms with Gasteiger partial charge in [0.15, 0.2) is 0 Å². The zero-order valence-corrected chi connectivity index (χ0v) is 10.3. The molecule has 0 fully saturated rings.